The van der Waals surface area contributed by atoms with E-state index in [1.807, 2.05) is 51.1 Å². The van der Waals surface area contributed by atoms with Crippen molar-refractivity contribution in [2.75, 3.05) is 0 Å². The maximum absolute atomic E-state index is 4.72. The number of nitrogens with zero attached hydrogens (tertiary/aromatic N) is 2. The van der Waals surface area contributed by atoms with Crippen molar-refractivity contribution in [1.82, 2.24) is 9.97 Å². The topological polar surface area (TPSA) is 25.8 Å². The minimum absolute atomic E-state index is 0.958. The highest BCUT2D eigenvalue weighted by Gasteiger charge is 2.07. The second-order valence-corrected chi connectivity index (χ2v) is 4.59. The van der Waals surface area contributed by atoms with Crippen LogP contribution in [0.15, 0.2) is 61.4 Å². The Balaban J connectivity index is 0.000000774. The largest absolute Gasteiger partial charge is 0.265 e. The zero-order chi connectivity index (χ0) is 15.2. The molecule has 3 aromatic rings. The number of aromatic nitrogens is 2. The Kier molecular flexibility index (Phi) is 4.83. The summed E-state index contributed by atoms with van der Waals surface area (Å²) in [5.41, 5.74) is 5.23. The summed E-state index contributed by atoms with van der Waals surface area (Å²) >= 11 is 0. The third kappa shape index (κ3) is 3.16. The van der Waals surface area contributed by atoms with Crippen molar-refractivity contribution in [3.05, 3.63) is 67.0 Å². The second-order valence-electron chi connectivity index (χ2n) is 4.59. The highest BCUT2D eigenvalue weighted by Crippen LogP contribution is 2.27. The van der Waals surface area contributed by atoms with E-state index in [9.17, 15) is 0 Å². The summed E-state index contributed by atoms with van der Waals surface area (Å²) in [5.74, 6) is 0. The van der Waals surface area contributed by atoms with E-state index < -0.39 is 0 Å². The summed E-state index contributed by atoms with van der Waals surface area (Å²) in [7, 11) is 0. The van der Waals surface area contributed by atoms with Crippen LogP contribution in [0.4, 0.5) is 0 Å². The minimum Gasteiger partial charge on any atom is -0.265 e. The van der Waals surface area contributed by atoms with Gasteiger partial charge in [-0.2, -0.15) is 0 Å². The first-order valence-corrected chi connectivity index (χ1v) is 7.22. The number of allylic oxidation sites excluding steroid dienone is 1. The molecule has 1 aromatic carbocycles. The van der Waals surface area contributed by atoms with Crippen LogP contribution in [0.5, 0.6) is 0 Å². The Labute approximate surface area is 126 Å². The molecule has 0 aliphatic heterocycles. The minimum atomic E-state index is 0.958. The summed E-state index contributed by atoms with van der Waals surface area (Å²) in [6.45, 7) is 10.1. The van der Waals surface area contributed by atoms with Gasteiger partial charge in [0.1, 0.15) is 0 Å². The molecule has 0 saturated carbocycles. The molecule has 0 bridgehead atoms. The van der Waals surface area contributed by atoms with E-state index in [4.69, 9.17) is 4.98 Å². The molecule has 0 aliphatic carbocycles. The normalized spacial score (nSPS) is 9.86. The van der Waals surface area contributed by atoms with Crippen molar-refractivity contribution in [1.29, 1.82) is 0 Å². The molecule has 0 radical (unpaired) electrons. The van der Waals surface area contributed by atoms with Gasteiger partial charge in [0.15, 0.2) is 0 Å². The Hall–Kier alpha value is -2.48. The smallest absolute Gasteiger partial charge is 0.0716 e. The van der Waals surface area contributed by atoms with Crippen LogP contribution >= 0.6 is 0 Å². The SMILES string of the molecule is C=C(C)c1cc(-c2ccncc2)nc2ccccc12.CC. The zero-order valence-corrected chi connectivity index (χ0v) is 12.8. The van der Waals surface area contributed by atoms with E-state index in [1.165, 1.54) is 0 Å². The van der Waals surface area contributed by atoms with Crippen LogP contribution in [-0.2, 0) is 0 Å². The van der Waals surface area contributed by atoms with E-state index in [0.29, 0.717) is 0 Å². The van der Waals surface area contributed by atoms with Crippen molar-refractivity contribution in [3.8, 4) is 11.3 Å². The van der Waals surface area contributed by atoms with Gasteiger partial charge in [-0.05, 0) is 36.8 Å². The number of benzene rings is 1. The highest BCUT2D eigenvalue weighted by atomic mass is 14.7. The van der Waals surface area contributed by atoms with Crippen molar-refractivity contribution < 1.29 is 0 Å². The molecule has 106 valence electrons. The Morgan fingerprint density at radius 3 is 2.33 bits per heavy atom. The molecule has 0 saturated heterocycles. The first kappa shape index (κ1) is 14.9. The Bertz CT molecular complexity index is 746. The van der Waals surface area contributed by atoms with Gasteiger partial charge in [-0.1, -0.05) is 44.2 Å². The summed E-state index contributed by atoms with van der Waals surface area (Å²) in [4.78, 5) is 8.77. The first-order chi connectivity index (χ1) is 10.3. The van der Waals surface area contributed by atoms with E-state index in [-0.39, 0.29) is 0 Å². The summed E-state index contributed by atoms with van der Waals surface area (Å²) in [5, 5.41) is 1.15. The number of hydrogen-bond acceptors (Lipinski definition) is 2. The fourth-order valence-corrected chi connectivity index (χ4v) is 2.20. The van der Waals surface area contributed by atoms with Crippen molar-refractivity contribution in [2.24, 2.45) is 0 Å². The fraction of sp³-hybridized carbons (Fsp3) is 0.158. The molecule has 0 aliphatic rings. The molecule has 21 heavy (non-hydrogen) atoms. The quantitative estimate of drug-likeness (QED) is 0.630. The average Bonchev–Trinajstić information content (AvgIpc) is 2.56. The van der Waals surface area contributed by atoms with Crippen LogP contribution < -0.4 is 0 Å². The van der Waals surface area contributed by atoms with Gasteiger partial charge in [0, 0.05) is 23.3 Å². The molecule has 2 nitrogen and oxygen atoms in total. The monoisotopic (exact) mass is 276 g/mol. The lowest BCUT2D eigenvalue weighted by Crippen LogP contribution is -1.90. The highest BCUT2D eigenvalue weighted by molar-refractivity contribution is 5.92. The number of pyridine rings is 2. The van der Waals surface area contributed by atoms with Crippen LogP contribution in [0.2, 0.25) is 0 Å². The van der Waals surface area contributed by atoms with Crippen LogP contribution in [0.3, 0.4) is 0 Å². The second kappa shape index (κ2) is 6.80. The molecule has 0 spiro atoms. The molecular weight excluding hydrogens is 256 g/mol. The molecule has 2 heterocycles. The maximum Gasteiger partial charge on any atom is 0.0716 e. The predicted molar refractivity (Wildman–Crippen MR) is 91.0 cm³/mol. The predicted octanol–water partition coefficient (Wildman–Crippen LogP) is 5.36. The third-order valence-corrected chi connectivity index (χ3v) is 3.15. The lowest BCUT2D eigenvalue weighted by Gasteiger charge is -2.09. The molecule has 0 fully saturated rings. The lowest BCUT2D eigenvalue weighted by molar-refractivity contribution is 1.31. The molecule has 3 rings (SSSR count). The summed E-state index contributed by atoms with van der Waals surface area (Å²) in [6, 6.07) is 14.2. The van der Waals surface area contributed by atoms with Gasteiger partial charge in [-0.25, -0.2) is 4.98 Å². The van der Waals surface area contributed by atoms with Crippen molar-refractivity contribution in [2.45, 2.75) is 20.8 Å². The van der Waals surface area contributed by atoms with Gasteiger partial charge in [0.05, 0.1) is 11.2 Å². The molecule has 2 heteroatoms. The number of para-hydroxylation sites is 1. The summed E-state index contributed by atoms with van der Waals surface area (Å²) < 4.78 is 0. The van der Waals surface area contributed by atoms with Gasteiger partial charge in [-0.3, -0.25) is 4.98 Å². The maximum atomic E-state index is 4.72. The number of fused-ring (bicyclic) bond motifs is 1. The number of hydrogen-bond donors (Lipinski definition) is 0. The van der Waals surface area contributed by atoms with Gasteiger partial charge in [0.2, 0.25) is 0 Å². The first-order valence-electron chi connectivity index (χ1n) is 7.22. The number of rotatable bonds is 2. The average molecular weight is 276 g/mol. The lowest BCUT2D eigenvalue weighted by atomic mass is 10.0. The molecule has 0 atom stereocenters. The van der Waals surface area contributed by atoms with Crippen LogP contribution in [-0.4, -0.2) is 9.97 Å². The van der Waals surface area contributed by atoms with E-state index >= 15 is 0 Å². The van der Waals surface area contributed by atoms with Crippen LogP contribution in [0.1, 0.15) is 26.3 Å². The summed E-state index contributed by atoms with van der Waals surface area (Å²) in [6.07, 6.45) is 3.57. The van der Waals surface area contributed by atoms with Crippen molar-refractivity contribution in [3.63, 3.8) is 0 Å². The molecule has 2 aromatic heterocycles. The standard InChI is InChI=1S/C17H14N2.C2H6/c1-12(2)15-11-17(13-7-9-18-10-8-13)19-16-6-4-3-5-14(15)16;1-2/h3-11H,1H2,2H3;1-2H3. The molecule has 0 amide bonds. The van der Waals surface area contributed by atoms with E-state index in [0.717, 1.165) is 33.3 Å². The zero-order valence-electron chi connectivity index (χ0n) is 12.8. The van der Waals surface area contributed by atoms with Crippen LogP contribution in [0, 0.1) is 0 Å². The van der Waals surface area contributed by atoms with E-state index in [1.54, 1.807) is 12.4 Å². The van der Waals surface area contributed by atoms with E-state index in [2.05, 4.69) is 23.7 Å². The molecular formula is C19H20N2. The fourth-order valence-electron chi connectivity index (χ4n) is 2.20. The third-order valence-electron chi connectivity index (χ3n) is 3.15. The molecule has 0 N–H and O–H groups in total. The van der Waals surface area contributed by atoms with Gasteiger partial charge in [-0.15, -0.1) is 0 Å². The van der Waals surface area contributed by atoms with Gasteiger partial charge >= 0.3 is 0 Å². The van der Waals surface area contributed by atoms with Crippen LogP contribution in [0.25, 0.3) is 27.7 Å². The van der Waals surface area contributed by atoms with Gasteiger partial charge < -0.3 is 0 Å². The Morgan fingerprint density at radius 2 is 1.67 bits per heavy atom. The van der Waals surface area contributed by atoms with Crippen molar-refractivity contribution >= 4 is 16.5 Å². The molecule has 0 unspecified atom stereocenters. The Morgan fingerprint density at radius 1 is 1.00 bits per heavy atom. The van der Waals surface area contributed by atoms with Gasteiger partial charge in [0.25, 0.3) is 0 Å².